The Bertz CT molecular complexity index is 381. The largest absolute Gasteiger partial charge is 0.339 e. The third kappa shape index (κ3) is 2.23. The molecule has 0 N–H and O–H groups in total. The molecule has 1 saturated heterocycles. The lowest BCUT2D eigenvalue weighted by atomic mass is 9.98. The lowest BCUT2D eigenvalue weighted by Gasteiger charge is -2.30. The molecule has 0 aliphatic carbocycles. The molecule has 0 unspecified atom stereocenters. The SMILES string of the molecule is Cc1cnccc1C(=O)N1CCC(C)CC1. The zero-order valence-corrected chi connectivity index (χ0v) is 9.94. The van der Waals surface area contributed by atoms with Crippen molar-refractivity contribution in [2.45, 2.75) is 26.7 Å². The van der Waals surface area contributed by atoms with E-state index in [0.29, 0.717) is 0 Å². The molecule has 0 saturated carbocycles. The number of pyridine rings is 1. The van der Waals surface area contributed by atoms with E-state index in [2.05, 4.69) is 11.9 Å². The van der Waals surface area contributed by atoms with Crippen LogP contribution in [0.3, 0.4) is 0 Å². The van der Waals surface area contributed by atoms with Crippen LogP contribution in [0.25, 0.3) is 0 Å². The van der Waals surface area contributed by atoms with Gasteiger partial charge in [-0.2, -0.15) is 0 Å². The van der Waals surface area contributed by atoms with Crippen LogP contribution in [-0.4, -0.2) is 28.9 Å². The predicted octanol–water partition coefficient (Wildman–Crippen LogP) is 2.26. The summed E-state index contributed by atoms with van der Waals surface area (Å²) in [5.41, 5.74) is 1.76. The van der Waals surface area contributed by atoms with E-state index in [0.717, 1.165) is 43.0 Å². The van der Waals surface area contributed by atoms with Crippen LogP contribution in [0.5, 0.6) is 0 Å². The summed E-state index contributed by atoms with van der Waals surface area (Å²) in [6.45, 7) is 5.97. The lowest BCUT2D eigenvalue weighted by molar-refractivity contribution is 0.0696. The van der Waals surface area contributed by atoms with Gasteiger partial charge in [-0.15, -0.1) is 0 Å². The van der Waals surface area contributed by atoms with Crippen molar-refractivity contribution in [1.29, 1.82) is 0 Å². The van der Waals surface area contributed by atoms with Crippen LogP contribution in [0.1, 0.15) is 35.7 Å². The summed E-state index contributed by atoms with van der Waals surface area (Å²) in [6.07, 6.45) is 5.68. The maximum absolute atomic E-state index is 12.2. The standard InChI is InChI=1S/C13H18N2O/c1-10-4-7-15(8-5-10)13(16)12-3-6-14-9-11(12)2/h3,6,9-10H,4-5,7-8H2,1-2H3. The van der Waals surface area contributed by atoms with Crippen LogP contribution in [-0.2, 0) is 0 Å². The fourth-order valence-corrected chi connectivity index (χ4v) is 2.10. The number of hydrogen-bond acceptors (Lipinski definition) is 2. The highest BCUT2D eigenvalue weighted by Gasteiger charge is 2.22. The molecule has 1 fully saturated rings. The van der Waals surface area contributed by atoms with Crippen LogP contribution in [0.15, 0.2) is 18.5 Å². The second kappa shape index (κ2) is 4.64. The molecule has 0 radical (unpaired) electrons. The van der Waals surface area contributed by atoms with Crippen LogP contribution in [0.4, 0.5) is 0 Å². The Morgan fingerprint density at radius 1 is 1.44 bits per heavy atom. The van der Waals surface area contributed by atoms with Crippen molar-refractivity contribution < 1.29 is 4.79 Å². The lowest BCUT2D eigenvalue weighted by Crippen LogP contribution is -2.38. The summed E-state index contributed by atoms with van der Waals surface area (Å²) in [4.78, 5) is 18.2. The van der Waals surface area contributed by atoms with Crippen molar-refractivity contribution in [2.75, 3.05) is 13.1 Å². The van der Waals surface area contributed by atoms with Gasteiger partial charge in [-0.25, -0.2) is 0 Å². The molecule has 16 heavy (non-hydrogen) atoms. The number of nitrogens with zero attached hydrogens (tertiary/aromatic N) is 2. The first kappa shape index (κ1) is 11.1. The van der Waals surface area contributed by atoms with Crippen LogP contribution < -0.4 is 0 Å². The first-order valence-electron chi connectivity index (χ1n) is 5.88. The van der Waals surface area contributed by atoms with Crippen molar-refractivity contribution in [3.05, 3.63) is 29.6 Å². The number of rotatable bonds is 1. The van der Waals surface area contributed by atoms with E-state index in [1.807, 2.05) is 17.9 Å². The van der Waals surface area contributed by atoms with Gasteiger partial charge in [0.1, 0.15) is 0 Å². The average Bonchev–Trinajstić information content (AvgIpc) is 2.30. The Balaban J connectivity index is 2.11. The minimum atomic E-state index is 0.159. The third-order valence-corrected chi connectivity index (χ3v) is 3.32. The van der Waals surface area contributed by atoms with Gasteiger partial charge in [-0.1, -0.05) is 6.92 Å². The van der Waals surface area contributed by atoms with Crippen LogP contribution in [0.2, 0.25) is 0 Å². The van der Waals surface area contributed by atoms with Gasteiger partial charge in [0.15, 0.2) is 0 Å². The van der Waals surface area contributed by atoms with Crippen molar-refractivity contribution in [1.82, 2.24) is 9.88 Å². The van der Waals surface area contributed by atoms with E-state index in [1.165, 1.54) is 0 Å². The summed E-state index contributed by atoms with van der Waals surface area (Å²) < 4.78 is 0. The van der Waals surface area contributed by atoms with Gasteiger partial charge in [-0.3, -0.25) is 9.78 Å². The number of likely N-dealkylation sites (tertiary alicyclic amines) is 1. The Morgan fingerprint density at radius 3 is 2.75 bits per heavy atom. The topological polar surface area (TPSA) is 33.2 Å². The van der Waals surface area contributed by atoms with Crippen molar-refractivity contribution in [2.24, 2.45) is 5.92 Å². The summed E-state index contributed by atoms with van der Waals surface area (Å²) in [6, 6.07) is 1.82. The predicted molar refractivity (Wildman–Crippen MR) is 63.3 cm³/mol. The Morgan fingerprint density at radius 2 is 2.12 bits per heavy atom. The molecule has 2 rings (SSSR count). The van der Waals surface area contributed by atoms with E-state index >= 15 is 0 Å². The molecule has 1 amide bonds. The van der Waals surface area contributed by atoms with Gasteiger partial charge in [0.25, 0.3) is 5.91 Å². The van der Waals surface area contributed by atoms with Crippen molar-refractivity contribution >= 4 is 5.91 Å². The van der Waals surface area contributed by atoms with Crippen molar-refractivity contribution in [3.8, 4) is 0 Å². The summed E-state index contributed by atoms with van der Waals surface area (Å²) in [5, 5.41) is 0. The minimum absolute atomic E-state index is 0.159. The molecule has 3 heteroatoms. The second-order valence-corrected chi connectivity index (χ2v) is 4.67. The maximum Gasteiger partial charge on any atom is 0.254 e. The fraction of sp³-hybridized carbons (Fsp3) is 0.538. The van der Waals surface area contributed by atoms with Gasteiger partial charge in [0.05, 0.1) is 0 Å². The highest BCUT2D eigenvalue weighted by Crippen LogP contribution is 2.18. The molecular formula is C13H18N2O. The number of aryl methyl sites for hydroxylation is 1. The molecule has 1 aromatic heterocycles. The molecule has 86 valence electrons. The van der Waals surface area contributed by atoms with Gasteiger partial charge in [0, 0.05) is 31.0 Å². The highest BCUT2D eigenvalue weighted by atomic mass is 16.2. The number of carbonyl (C=O) groups is 1. The molecular weight excluding hydrogens is 200 g/mol. The molecule has 1 aliphatic rings. The third-order valence-electron chi connectivity index (χ3n) is 3.32. The molecule has 0 bridgehead atoms. The van der Waals surface area contributed by atoms with E-state index < -0.39 is 0 Å². The van der Waals surface area contributed by atoms with E-state index in [4.69, 9.17) is 0 Å². The molecule has 1 aromatic rings. The Labute approximate surface area is 96.5 Å². The molecule has 0 aromatic carbocycles. The highest BCUT2D eigenvalue weighted by molar-refractivity contribution is 5.95. The van der Waals surface area contributed by atoms with Gasteiger partial charge < -0.3 is 4.90 Å². The number of carbonyl (C=O) groups excluding carboxylic acids is 1. The zero-order chi connectivity index (χ0) is 11.5. The smallest absolute Gasteiger partial charge is 0.254 e. The first-order valence-corrected chi connectivity index (χ1v) is 5.88. The average molecular weight is 218 g/mol. The minimum Gasteiger partial charge on any atom is -0.339 e. The van der Waals surface area contributed by atoms with Gasteiger partial charge in [-0.05, 0) is 37.3 Å². The van der Waals surface area contributed by atoms with Crippen LogP contribution in [0, 0.1) is 12.8 Å². The maximum atomic E-state index is 12.2. The number of aromatic nitrogens is 1. The second-order valence-electron chi connectivity index (χ2n) is 4.67. The molecule has 1 aliphatic heterocycles. The molecule has 0 atom stereocenters. The molecule has 2 heterocycles. The van der Waals surface area contributed by atoms with Crippen molar-refractivity contribution in [3.63, 3.8) is 0 Å². The number of piperidine rings is 1. The molecule has 0 spiro atoms. The summed E-state index contributed by atoms with van der Waals surface area (Å²) in [7, 11) is 0. The van der Waals surface area contributed by atoms with E-state index in [9.17, 15) is 4.79 Å². The zero-order valence-electron chi connectivity index (χ0n) is 9.94. The monoisotopic (exact) mass is 218 g/mol. The van der Waals surface area contributed by atoms with E-state index in [1.54, 1.807) is 12.4 Å². The fourth-order valence-electron chi connectivity index (χ4n) is 2.10. The summed E-state index contributed by atoms with van der Waals surface area (Å²) in [5.74, 6) is 0.911. The normalized spacial score (nSPS) is 17.5. The Kier molecular flexibility index (Phi) is 3.22. The van der Waals surface area contributed by atoms with Gasteiger partial charge in [0.2, 0.25) is 0 Å². The number of hydrogen-bond donors (Lipinski definition) is 0. The molecule has 3 nitrogen and oxygen atoms in total. The summed E-state index contributed by atoms with van der Waals surface area (Å²) >= 11 is 0. The quantitative estimate of drug-likeness (QED) is 0.724. The van der Waals surface area contributed by atoms with Gasteiger partial charge >= 0.3 is 0 Å². The number of amides is 1. The van der Waals surface area contributed by atoms with Crippen LogP contribution >= 0.6 is 0 Å². The van der Waals surface area contributed by atoms with E-state index in [-0.39, 0.29) is 5.91 Å². The Hall–Kier alpha value is -1.38. The first-order chi connectivity index (χ1) is 7.68.